The van der Waals surface area contributed by atoms with Crippen molar-refractivity contribution in [2.24, 2.45) is 0 Å². The molecule has 1 fully saturated rings. The highest BCUT2D eigenvalue weighted by Gasteiger charge is 2.22. The second-order valence-corrected chi connectivity index (χ2v) is 9.41. The fourth-order valence-electron chi connectivity index (χ4n) is 4.96. The molecule has 0 atom stereocenters. The van der Waals surface area contributed by atoms with Crippen LogP contribution in [0.4, 0.5) is 5.82 Å². The number of rotatable bonds is 9. The molecule has 0 saturated carbocycles. The second kappa shape index (κ2) is 11.4. The Morgan fingerprint density at radius 2 is 1.73 bits per heavy atom. The standard InChI is InChI=1S/C29H34N6O2/c1-2-26(36)34(19-9-18-33-16-7-4-8-17-33)35-20-25(27-28(30)31-21-32-29(27)35)22-12-14-24(15-13-22)37-23-10-5-3-6-11-23/h3,5-6,10-15,20-21H,2,4,7-9,16-19H2,1H3,(H2,30,31,32). The molecule has 0 bridgehead atoms. The number of benzene rings is 2. The van der Waals surface area contributed by atoms with Crippen LogP contribution in [0.2, 0.25) is 0 Å². The van der Waals surface area contributed by atoms with Crippen molar-refractivity contribution in [3.05, 3.63) is 67.1 Å². The van der Waals surface area contributed by atoms with Crippen molar-refractivity contribution in [3.63, 3.8) is 0 Å². The number of aromatic nitrogens is 3. The van der Waals surface area contributed by atoms with Crippen molar-refractivity contribution in [2.45, 2.75) is 39.0 Å². The van der Waals surface area contributed by atoms with Gasteiger partial charge in [0.2, 0.25) is 5.91 Å². The molecule has 2 aromatic heterocycles. The number of nitrogens with two attached hydrogens (primary N) is 1. The largest absolute Gasteiger partial charge is 0.457 e. The molecule has 1 saturated heterocycles. The lowest BCUT2D eigenvalue weighted by Crippen LogP contribution is -2.42. The maximum Gasteiger partial charge on any atom is 0.241 e. The number of likely N-dealkylation sites (tertiary alicyclic amines) is 1. The number of amides is 1. The van der Waals surface area contributed by atoms with Gasteiger partial charge in [0.15, 0.2) is 5.65 Å². The summed E-state index contributed by atoms with van der Waals surface area (Å²) >= 11 is 0. The summed E-state index contributed by atoms with van der Waals surface area (Å²) in [6, 6.07) is 17.5. The van der Waals surface area contributed by atoms with E-state index in [-0.39, 0.29) is 5.91 Å². The predicted octanol–water partition coefficient (Wildman–Crippen LogP) is 5.22. The first-order valence-electron chi connectivity index (χ1n) is 13.1. The van der Waals surface area contributed by atoms with Gasteiger partial charge in [0.05, 0.1) is 5.39 Å². The van der Waals surface area contributed by atoms with E-state index in [2.05, 4.69) is 14.9 Å². The van der Waals surface area contributed by atoms with Crippen LogP contribution in [0.15, 0.2) is 67.1 Å². The van der Waals surface area contributed by atoms with Gasteiger partial charge in [-0.15, -0.1) is 0 Å². The molecule has 8 nitrogen and oxygen atoms in total. The normalized spacial score (nSPS) is 14.1. The van der Waals surface area contributed by atoms with Crippen molar-refractivity contribution in [1.29, 1.82) is 0 Å². The van der Waals surface area contributed by atoms with Gasteiger partial charge >= 0.3 is 0 Å². The summed E-state index contributed by atoms with van der Waals surface area (Å²) < 4.78 is 7.81. The molecule has 8 heteroatoms. The van der Waals surface area contributed by atoms with Gasteiger partial charge in [-0.3, -0.25) is 4.79 Å². The minimum absolute atomic E-state index is 0.0471. The summed E-state index contributed by atoms with van der Waals surface area (Å²) in [5, 5.41) is 2.54. The fraction of sp³-hybridized carbons (Fsp3) is 0.345. The average Bonchev–Trinajstić information content (AvgIpc) is 3.33. The number of hydrogen-bond acceptors (Lipinski definition) is 6. The molecular weight excluding hydrogens is 464 g/mol. The molecule has 37 heavy (non-hydrogen) atoms. The summed E-state index contributed by atoms with van der Waals surface area (Å²) in [6.07, 6.45) is 8.55. The van der Waals surface area contributed by atoms with Crippen molar-refractivity contribution in [2.75, 3.05) is 36.9 Å². The smallest absolute Gasteiger partial charge is 0.241 e. The highest BCUT2D eigenvalue weighted by molar-refractivity contribution is 6.02. The third-order valence-corrected chi connectivity index (χ3v) is 6.88. The maximum absolute atomic E-state index is 13.1. The fourth-order valence-corrected chi connectivity index (χ4v) is 4.96. The first-order valence-corrected chi connectivity index (χ1v) is 13.1. The topological polar surface area (TPSA) is 89.5 Å². The zero-order valence-corrected chi connectivity index (χ0v) is 21.3. The molecule has 3 heterocycles. The van der Waals surface area contributed by atoms with Gasteiger partial charge < -0.3 is 15.4 Å². The van der Waals surface area contributed by atoms with E-state index in [0.717, 1.165) is 54.1 Å². The molecule has 2 aromatic carbocycles. The number of nitrogen functional groups attached to an aromatic ring is 1. The molecule has 1 amide bonds. The van der Waals surface area contributed by atoms with Crippen LogP contribution in [0.25, 0.3) is 22.2 Å². The summed E-state index contributed by atoms with van der Waals surface area (Å²) in [5.74, 6) is 1.96. The number of anilines is 1. The molecule has 5 rings (SSSR count). The Morgan fingerprint density at radius 1 is 1.00 bits per heavy atom. The summed E-state index contributed by atoms with van der Waals surface area (Å²) in [4.78, 5) is 24.4. The lowest BCUT2D eigenvalue weighted by atomic mass is 10.1. The Balaban J connectivity index is 1.44. The van der Waals surface area contributed by atoms with Crippen LogP contribution in [0.1, 0.15) is 39.0 Å². The summed E-state index contributed by atoms with van der Waals surface area (Å²) in [7, 11) is 0. The van der Waals surface area contributed by atoms with Crippen molar-refractivity contribution < 1.29 is 9.53 Å². The third-order valence-electron chi connectivity index (χ3n) is 6.88. The van der Waals surface area contributed by atoms with E-state index in [0.29, 0.717) is 24.4 Å². The van der Waals surface area contributed by atoms with Crippen LogP contribution < -0.4 is 15.5 Å². The number of carbonyl (C=O) groups excluding carboxylic acids is 1. The molecular formula is C29H34N6O2. The molecule has 2 N–H and O–H groups in total. The van der Waals surface area contributed by atoms with Crippen molar-refractivity contribution in [3.8, 4) is 22.6 Å². The van der Waals surface area contributed by atoms with Gasteiger partial charge in [0.25, 0.3) is 0 Å². The minimum atomic E-state index is 0.0471. The van der Waals surface area contributed by atoms with Gasteiger partial charge in [-0.2, -0.15) is 0 Å². The van der Waals surface area contributed by atoms with Crippen LogP contribution in [-0.2, 0) is 4.79 Å². The van der Waals surface area contributed by atoms with Crippen molar-refractivity contribution in [1.82, 2.24) is 19.5 Å². The first kappa shape index (κ1) is 24.8. The summed E-state index contributed by atoms with van der Waals surface area (Å²) in [6.45, 7) is 5.78. The Hall–Kier alpha value is -3.91. The Labute approximate surface area is 217 Å². The SMILES string of the molecule is CCC(=O)N(CCCN1CCCCC1)n1cc(-c2ccc(Oc3ccccc3)cc2)c2c(N)ncnc21. The Kier molecular flexibility index (Phi) is 7.65. The van der Waals surface area contributed by atoms with Crippen LogP contribution in [0, 0.1) is 0 Å². The Morgan fingerprint density at radius 3 is 2.46 bits per heavy atom. The van der Waals surface area contributed by atoms with E-state index in [1.54, 1.807) is 5.01 Å². The third kappa shape index (κ3) is 5.59. The molecule has 0 spiro atoms. The van der Waals surface area contributed by atoms with E-state index in [1.165, 1.54) is 25.6 Å². The highest BCUT2D eigenvalue weighted by atomic mass is 16.5. The number of hydrogen-bond donors (Lipinski definition) is 1. The number of para-hydroxylation sites is 1. The lowest BCUT2D eigenvalue weighted by Gasteiger charge is -2.28. The van der Waals surface area contributed by atoms with Gasteiger partial charge in [0.1, 0.15) is 23.6 Å². The molecule has 1 aliphatic heterocycles. The van der Waals surface area contributed by atoms with Crippen molar-refractivity contribution >= 4 is 22.8 Å². The van der Waals surface area contributed by atoms with E-state index >= 15 is 0 Å². The summed E-state index contributed by atoms with van der Waals surface area (Å²) in [5.41, 5.74) is 8.80. The number of nitrogens with zero attached hydrogens (tertiary/aromatic N) is 5. The van der Waals surface area contributed by atoms with E-state index in [9.17, 15) is 4.79 Å². The van der Waals surface area contributed by atoms with Gasteiger partial charge in [-0.05, 0) is 68.7 Å². The average molecular weight is 499 g/mol. The number of ether oxygens (including phenoxy) is 1. The van der Waals surface area contributed by atoms with Crippen LogP contribution in [-0.4, -0.2) is 51.6 Å². The highest BCUT2D eigenvalue weighted by Crippen LogP contribution is 2.34. The zero-order valence-electron chi connectivity index (χ0n) is 21.3. The van der Waals surface area contributed by atoms with Gasteiger partial charge in [0, 0.05) is 24.7 Å². The Bertz CT molecular complexity index is 1330. The molecule has 4 aromatic rings. The molecule has 1 aliphatic rings. The number of carbonyl (C=O) groups is 1. The van der Waals surface area contributed by atoms with E-state index in [1.807, 2.05) is 72.4 Å². The molecule has 0 radical (unpaired) electrons. The quantitative estimate of drug-likeness (QED) is 0.340. The van der Waals surface area contributed by atoms with Gasteiger partial charge in [-0.25, -0.2) is 19.7 Å². The zero-order chi connectivity index (χ0) is 25.6. The number of piperidine rings is 1. The molecule has 192 valence electrons. The monoisotopic (exact) mass is 498 g/mol. The van der Waals surface area contributed by atoms with E-state index in [4.69, 9.17) is 10.5 Å². The molecule has 0 aliphatic carbocycles. The molecule has 0 unspecified atom stereocenters. The maximum atomic E-state index is 13.1. The predicted molar refractivity (Wildman–Crippen MR) is 147 cm³/mol. The second-order valence-electron chi connectivity index (χ2n) is 9.41. The van der Waals surface area contributed by atoms with Gasteiger partial charge in [-0.1, -0.05) is 43.7 Å². The number of fused-ring (bicyclic) bond motifs is 1. The van der Waals surface area contributed by atoms with Crippen LogP contribution in [0.3, 0.4) is 0 Å². The van der Waals surface area contributed by atoms with E-state index < -0.39 is 0 Å². The van der Waals surface area contributed by atoms with Crippen LogP contribution >= 0.6 is 0 Å². The lowest BCUT2D eigenvalue weighted by molar-refractivity contribution is -0.119. The van der Waals surface area contributed by atoms with Crippen LogP contribution in [0.5, 0.6) is 11.5 Å². The first-order chi connectivity index (χ1) is 18.1. The minimum Gasteiger partial charge on any atom is -0.457 e.